The van der Waals surface area contributed by atoms with Crippen molar-refractivity contribution in [3.63, 3.8) is 0 Å². The molecule has 3 aromatic rings. The van der Waals surface area contributed by atoms with Crippen LogP contribution in [0.5, 0.6) is 0 Å². The van der Waals surface area contributed by atoms with Crippen molar-refractivity contribution in [2.24, 2.45) is 0 Å². The lowest BCUT2D eigenvalue weighted by Gasteiger charge is -2.15. The topological polar surface area (TPSA) is 84.1 Å². The first-order valence-corrected chi connectivity index (χ1v) is 10.6. The van der Waals surface area contributed by atoms with E-state index >= 15 is 0 Å². The average molecular weight is 442 g/mol. The maximum absolute atomic E-state index is 12.8. The molecule has 3 rings (SSSR count). The van der Waals surface area contributed by atoms with Gasteiger partial charge in [-0.3, -0.25) is 4.79 Å². The van der Waals surface area contributed by atoms with Crippen LogP contribution in [0.25, 0.3) is 11.8 Å². The Morgan fingerprint density at radius 1 is 1.09 bits per heavy atom. The number of aryl methyl sites for hydroxylation is 1. The predicted octanol–water partition coefficient (Wildman–Crippen LogP) is 4.97. The molecular formula is C27H27N3O3. The molecule has 0 fully saturated rings. The number of nitrogens with one attached hydrogen (secondary N) is 1. The smallest absolute Gasteiger partial charge is 0.338 e. The van der Waals surface area contributed by atoms with E-state index in [0.717, 1.165) is 33.8 Å². The van der Waals surface area contributed by atoms with Crippen molar-refractivity contribution in [3.05, 3.63) is 93.8 Å². The fourth-order valence-electron chi connectivity index (χ4n) is 3.90. The molecule has 6 nitrogen and oxygen atoms in total. The van der Waals surface area contributed by atoms with Crippen molar-refractivity contribution in [3.8, 4) is 11.8 Å². The molecule has 168 valence electrons. The highest BCUT2D eigenvalue weighted by atomic mass is 16.5. The summed E-state index contributed by atoms with van der Waals surface area (Å²) in [5.41, 5.74) is 5.64. The number of nitriles is 1. The molecule has 1 heterocycles. The van der Waals surface area contributed by atoms with Crippen LogP contribution in [0.15, 0.2) is 60.2 Å². The molecule has 0 aliphatic rings. The standard InChI is InChI=1S/C27H27N3O3/c1-17-14-22(15-23(16-28)26(31)29-19(3)21-10-7-6-8-11-21)20(4)30(17)25-13-9-12-24(18(25)2)27(32)33-5/h6-15,19H,1-5H3,(H,29,31)/b23-15-/t19-/m1/s1. The number of ether oxygens (including phenoxy) is 1. The molecule has 0 aliphatic heterocycles. The SMILES string of the molecule is COC(=O)c1cccc(-n2c(C)cc(/C=C(/C#N)C(=O)N[C@H](C)c3ccccc3)c2C)c1C. The van der Waals surface area contributed by atoms with Crippen LogP contribution < -0.4 is 5.32 Å². The lowest BCUT2D eigenvalue weighted by molar-refractivity contribution is -0.117. The molecule has 0 saturated heterocycles. The Hall–Kier alpha value is -4.11. The van der Waals surface area contributed by atoms with Gasteiger partial charge in [-0.25, -0.2) is 4.79 Å². The summed E-state index contributed by atoms with van der Waals surface area (Å²) < 4.78 is 6.90. The van der Waals surface area contributed by atoms with Gasteiger partial charge < -0.3 is 14.6 Å². The zero-order chi connectivity index (χ0) is 24.1. The first-order valence-electron chi connectivity index (χ1n) is 10.6. The van der Waals surface area contributed by atoms with E-state index in [1.807, 2.05) is 86.9 Å². The van der Waals surface area contributed by atoms with Crippen molar-refractivity contribution < 1.29 is 14.3 Å². The molecule has 0 bridgehead atoms. The number of hydrogen-bond acceptors (Lipinski definition) is 4. The Labute approximate surface area is 194 Å². The zero-order valence-corrected chi connectivity index (χ0v) is 19.5. The zero-order valence-electron chi connectivity index (χ0n) is 19.5. The van der Waals surface area contributed by atoms with E-state index in [1.54, 1.807) is 12.1 Å². The van der Waals surface area contributed by atoms with Gasteiger partial charge in [0.2, 0.25) is 0 Å². The van der Waals surface area contributed by atoms with Crippen molar-refractivity contribution in [1.82, 2.24) is 9.88 Å². The normalized spacial score (nSPS) is 12.1. The second kappa shape index (κ2) is 10.0. The highest BCUT2D eigenvalue weighted by molar-refractivity contribution is 6.02. The van der Waals surface area contributed by atoms with Gasteiger partial charge in [0, 0.05) is 17.1 Å². The molecule has 1 amide bonds. The van der Waals surface area contributed by atoms with Crippen LogP contribution in [-0.4, -0.2) is 23.6 Å². The molecule has 2 aromatic carbocycles. The van der Waals surface area contributed by atoms with Gasteiger partial charge in [-0.1, -0.05) is 36.4 Å². The summed E-state index contributed by atoms with van der Waals surface area (Å²) in [5, 5.41) is 12.5. The Kier molecular flexibility index (Phi) is 7.14. The average Bonchev–Trinajstić information content (AvgIpc) is 3.10. The first-order chi connectivity index (χ1) is 15.8. The Bertz CT molecular complexity index is 1260. The molecule has 0 saturated carbocycles. The number of nitrogens with zero attached hydrogens (tertiary/aromatic N) is 2. The second-order valence-electron chi connectivity index (χ2n) is 7.88. The monoisotopic (exact) mass is 441 g/mol. The summed E-state index contributed by atoms with van der Waals surface area (Å²) in [6, 6.07) is 18.8. The molecule has 0 unspecified atom stereocenters. The van der Waals surface area contributed by atoms with E-state index in [2.05, 4.69) is 5.32 Å². The number of amides is 1. The van der Waals surface area contributed by atoms with E-state index in [0.29, 0.717) is 5.56 Å². The van der Waals surface area contributed by atoms with Gasteiger partial charge in [0.05, 0.1) is 18.7 Å². The van der Waals surface area contributed by atoms with Crippen LogP contribution in [0.4, 0.5) is 0 Å². The minimum atomic E-state index is -0.428. The van der Waals surface area contributed by atoms with E-state index in [4.69, 9.17) is 4.74 Å². The summed E-state index contributed by atoms with van der Waals surface area (Å²) in [6.07, 6.45) is 1.60. The van der Waals surface area contributed by atoms with Gasteiger partial charge in [-0.2, -0.15) is 5.26 Å². The number of esters is 1. The predicted molar refractivity (Wildman–Crippen MR) is 128 cm³/mol. The minimum absolute atomic E-state index is 0.0260. The van der Waals surface area contributed by atoms with E-state index in [1.165, 1.54) is 7.11 Å². The summed E-state index contributed by atoms with van der Waals surface area (Å²) in [7, 11) is 1.36. The van der Waals surface area contributed by atoms with Gasteiger partial charge in [0.1, 0.15) is 11.6 Å². The number of hydrogen-bond donors (Lipinski definition) is 1. The highest BCUT2D eigenvalue weighted by Crippen LogP contribution is 2.27. The molecule has 0 radical (unpaired) electrons. The molecule has 1 aromatic heterocycles. The van der Waals surface area contributed by atoms with Gasteiger partial charge in [0.25, 0.3) is 5.91 Å². The number of aromatic nitrogens is 1. The number of carbonyl (C=O) groups excluding carboxylic acids is 2. The fraction of sp³-hybridized carbons (Fsp3) is 0.222. The van der Waals surface area contributed by atoms with Crippen LogP contribution in [-0.2, 0) is 9.53 Å². The van der Waals surface area contributed by atoms with Crippen molar-refractivity contribution >= 4 is 18.0 Å². The maximum Gasteiger partial charge on any atom is 0.338 e. The summed E-state index contributed by atoms with van der Waals surface area (Å²) in [5.74, 6) is -0.824. The lowest BCUT2D eigenvalue weighted by atomic mass is 10.1. The van der Waals surface area contributed by atoms with Crippen LogP contribution in [0.2, 0.25) is 0 Å². The van der Waals surface area contributed by atoms with Crippen LogP contribution in [0.1, 0.15) is 51.4 Å². The van der Waals surface area contributed by atoms with Gasteiger partial charge in [-0.05, 0) is 68.7 Å². The minimum Gasteiger partial charge on any atom is -0.465 e. The number of rotatable bonds is 6. The first kappa shape index (κ1) is 23.6. The molecule has 1 atom stereocenters. The largest absolute Gasteiger partial charge is 0.465 e. The van der Waals surface area contributed by atoms with Crippen molar-refractivity contribution in [2.75, 3.05) is 7.11 Å². The summed E-state index contributed by atoms with van der Waals surface area (Å²) in [4.78, 5) is 24.9. The molecule has 33 heavy (non-hydrogen) atoms. The quantitative estimate of drug-likeness (QED) is 0.332. The van der Waals surface area contributed by atoms with Crippen molar-refractivity contribution in [2.45, 2.75) is 33.7 Å². The van der Waals surface area contributed by atoms with Crippen LogP contribution >= 0.6 is 0 Å². The summed E-state index contributed by atoms with van der Waals surface area (Å²) >= 11 is 0. The third kappa shape index (κ3) is 4.88. The Morgan fingerprint density at radius 3 is 2.42 bits per heavy atom. The van der Waals surface area contributed by atoms with E-state index in [-0.39, 0.29) is 11.6 Å². The fourth-order valence-corrected chi connectivity index (χ4v) is 3.90. The molecule has 1 N–H and O–H groups in total. The second-order valence-corrected chi connectivity index (χ2v) is 7.88. The number of methoxy groups -OCH3 is 1. The third-order valence-corrected chi connectivity index (χ3v) is 5.73. The number of carbonyl (C=O) groups is 2. The molecule has 6 heteroatoms. The molecule has 0 spiro atoms. The van der Waals surface area contributed by atoms with Gasteiger partial charge in [-0.15, -0.1) is 0 Å². The number of benzene rings is 2. The van der Waals surface area contributed by atoms with E-state index in [9.17, 15) is 14.9 Å². The van der Waals surface area contributed by atoms with Gasteiger partial charge >= 0.3 is 5.97 Å². The Morgan fingerprint density at radius 2 is 1.79 bits per heavy atom. The maximum atomic E-state index is 12.8. The Balaban J connectivity index is 1.95. The van der Waals surface area contributed by atoms with Crippen LogP contribution in [0.3, 0.4) is 0 Å². The molecular weight excluding hydrogens is 414 g/mol. The summed E-state index contributed by atoms with van der Waals surface area (Å²) in [6.45, 7) is 7.61. The highest BCUT2D eigenvalue weighted by Gasteiger charge is 2.18. The lowest BCUT2D eigenvalue weighted by Crippen LogP contribution is -2.27. The van der Waals surface area contributed by atoms with Gasteiger partial charge in [0.15, 0.2) is 0 Å². The van der Waals surface area contributed by atoms with Crippen LogP contribution in [0, 0.1) is 32.1 Å². The van der Waals surface area contributed by atoms with Crippen molar-refractivity contribution in [1.29, 1.82) is 5.26 Å². The van der Waals surface area contributed by atoms with E-state index < -0.39 is 11.9 Å². The molecule has 0 aliphatic carbocycles. The third-order valence-electron chi connectivity index (χ3n) is 5.73.